The molecule has 0 aliphatic rings. The van der Waals surface area contributed by atoms with Crippen LogP contribution in [-0.4, -0.2) is 46.8 Å². The highest BCUT2D eigenvalue weighted by Gasteiger charge is 2.19. The van der Waals surface area contributed by atoms with Crippen LogP contribution in [0.5, 0.6) is 5.75 Å². The molecule has 0 unspecified atom stereocenters. The average molecular weight is 469 g/mol. The lowest BCUT2D eigenvalue weighted by atomic mass is 10.1. The van der Waals surface area contributed by atoms with Crippen molar-refractivity contribution in [3.05, 3.63) is 30.3 Å². The van der Waals surface area contributed by atoms with Crippen molar-refractivity contribution < 1.29 is 18.1 Å². The predicted octanol–water partition coefficient (Wildman–Crippen LogP) is 1.92. The van der Waals surface area contributed by atoms with Gasteiger partial charge in [-0.25, -0.2) is 0 Å². The second-order valence-corrected chi connectivity index (χ2v) is 8.15. The Balaban J connectivity index is 2.26. The van der Waals surface area contributed by atoms with Crippen LogP contribution < -0.4 is 21.5 Å². The summed E-state index contributed by atoms with van der Waals surface area (Å²) in [7, 11) is -2.87. The van der Waals surface area contributed by atoms with Gasteiger partial charge in [0.2, 0.25) is 0 Å². The lowest BCUT2D eigenvalue weighted by Crippen LogP contribution is -2.30. The van der Waals surface area contributed by atoms with E-state index in [0.29, 0.717) is 21.9 Å². The SMILES string of the molecule is CNC(=S)N/N=C(C)/C(C)=N/NC(=S)Nc1c(O)cc(S(=O)(=O)O)c2ccccc12. The number of thiocarbonyl (C=S) groups is 2. The normalized spacial score (nSPS) is 12.4. The smallest absolute Gasteiger partial charge is 0.295 e. The van der Waals surface area contributed by atoms with Crippen molar-refractivity contribution >= 4 is 72.7 Å². The molecule has 0 atom stereocenters. The van der Waals surface area contributed by atoms with Crippen LogP contribution in [0.2, 0.25) is 0 Å². The van der Waals surface area contributed by atoms with E-state index in [9.17, 15) is 18.1 Å². The van der Waals surface area contributed by atoms with E-state index in [1.165, 1.54) is 6.07 Å². The molecule has 6 N–H and O–H groups in total. The summed E-state index contributed by atoms with van der Waals surface area (Å²) in [6, 6.07) is 7.30. The molecule has 0 spiro atoms. The summed E-state index contributed by atoms with van der Waals surface area (Å²) in [5.74, 6) is -0.409. The lowest BCUT2D eigenvalue weighted by molar-refractivity contribution is 0.469. The van der Waals surface area contributed by atoms with Crippen LogP contribution in [0.25, 0.3) is 10.8 Å². The Bertz CT molecular complexity index is 1160. The van der Waals surface area contributed by atoms with Crippen LogP contribution in [0.1, 0.15) is 13.8 Å². The summed E-state index contributed by atoms with van der Waals surface area (Å²) in [4.78, 5) is -0.410. The molecule has 0 saturated carbocycles. The molecule has 2 aromatic rings. The number of rotatable bonds is 5. The van der Waals surface area contributed by atoms with E-state index in [1.807, 2.05) is 0 Å². The van der Waals surface area contributed by atoms with E-state index in [1.54, 1.807) is 39.1 Å². The Kier molecular flexibility index (Phi) is 7.61. The molecular weight excluding hydrogens is 448 g/mol. The highest BCUT2D eigenvalue weighted by Crippen LogP contribution is 2.37. The number of hydrazone groups is 2. The van der Waals surface area contributed by atoms with Gasteiger partial charge in [0, 0.05) is 23.9 Å². The fourth-order valence-corrected chi connectivity index (χ4v) is 3.21. The number of phenolic OH excluding ortho intramolecular Hbond substituents is 1. The van der Waals surface area contributed by atoms with Gasteiger partial charge < -0.3 is 15.7 Å². The summed E-state index contributed by atoms with van der Waals surface area (Å²) in [5, 5.41) is 24.9. The summed E-state index contributed by atoms with van der Waals surface area (Å²) >= 11 is 10.1. The Morgan fingerprint density at radius 1 is 1.00 bits per heavy atom. The van der Waals surface area contributed by atoms with Crippen LogP contribution in [0, 0.1) is 0 Å². The number of nitrogens with zero attached hydrogens (tertiary/aromatic N) is 2. The van der Waals surface area contributed by atoms with Crippen LogP contribution in [0.4, 0.5) is 5.69 Å². The van der Waals surface area contributed by atoms with Crippen LogP contribution in [0.3, 0.4) is 0 Å². The van der Waals surface area contributed by atoms with Crippen LogP contribution in [0.15, 0.2) is 45.4 Å². The summed E-state index contributed by atoms with van der Waals surface area (Å²) in [5.41, 5.74) is 6.48. The highest BCUT2D eigenvalue weighted by molar-refractivity contribution is 7.86. The average Bonchev–Trinajstić information content (AvgIpc) is 2.70. The minimum Gasteiger partial charge on any atom is -0.506 e. The molecule has 0 bridgehead atoms. The van der Waals surface area contributed by atoms with E-state index in [2.05, 4.69) is 31.7 Å². The topological polar surface area (TPSA) is 147 Å². The van der Waals surface area contributed by atoms with Gasteiger partial charge in [0.1, 0.15) is 10.6 Å². The number of nitrogens with one attached hydrogen (secondary N) is 4. The number of hydrogen-bond donors (Lipinski definition) is 6. The Labute approximate surface area is 184 Å². The zero-order valence-electron chi connectivity index (χ0n) is 16.2. The molecule has 13 heteroatoms. The van der Waals surface area contributed by atoms with Crippen molar-refractivity contribution in [1.29, 1.82) is 0 Å². The van der Waals surface area contributed by atoms with Gasteiger partial charge >= 0.3 is 0 Å². The van der Waals surface area contributed by atoms with E-state index in [0.717, 1.165) is 6.07 Å². The molecule has 0 aliphatic heterocycles. The van der Waals surface area contributed by atoms with E-state index < -0.39 is 20.8 Å². The monoisotopic (exact) mass is 468 g/mol. The highest BCUT2D eigenvalue weighted by atomic mass is 32.2. The Morgan fingerprint density at radius 3 is 2.07 bits per heavy atom. The van der Waals surface area contributed by atoms with Crippen molar-refractivity contribution in [1.82, 2.24) is 16.2 Å². The quantitative estimate of drug-likeness (QED) is 0.126. The number of aromatic hydroxyl groups is 1. The molecule has 160 valence electrons. The maximum absolute atomic E-state index is 11.6. The minimum atomic E-state index is -4.53. The van der Waals surface area contributed by atoms with Crippen molar-refractivity contribution in [2.75, 3.05) is 12.4 Å². The molecule has 0 aromatic heterocycles. The maximum atomic E-state index is 11.6. The van der Waals surface area contributed by atoms with E-state index >= 15 is 0 Å². The molecular formula is C17H20N6O4S3. The third-order valence-corrected chi connectivity index (χ3v) is 5.29. The van der Waals surface area contributed by atoms with E-state index in [4.69, 9.17) is 24.4 Å². The maximum Gasteiger partial charge on any atom is 0.295 e. The molecule has 2 aromatic carbocycles. The summed E-state index contributed by atoms with van der Waals surface area (Å²) in [6.07, 6.45) is 0. The van der Waals surface area contributed by atoms with Crippen molar-refractivity contribution in [2.24, 2.45) is 10.2 Å². The summed E-state index contributed by atoms with van der Waals surface area (Å²) < 4.78 is 32.7. The molecule has 0 fully saturated rings. The summed E-state index contributed by atoms with van der Waals surface area (Å²) in [6.45, 7) is 3.42. The lowest BCUT2D eigenvalue weighted by Gasteiger charge is -2.14. The second kappa shape index (κ2) is 9.75. The second-order valence-electron chi connectivity index (χ2n) is 5.94. The molecule has 0 aliphatic carbocycles. The molecule has 0 radical (unpaired) electrons. The Morgan fingerprint density at radius 2 is 1.53 bits per heavy atom. The number of benzene rings is 2. The fraction of sp³-hybridized carbons (Fsp3) is 0.176. The van der Waals surface area contributed by atoms with Gasteiger partial charge in [0.15, 0.2) is 10.2 Å². The zero-order chi connectivity index (χ0) is 22.5. The van der Waals surface area contributed by atoms with Gasteiger partial charge in [-0.05, 0) is 38.3 Å². The van der Waals surface area contributed by atoms with Crippen molar-refractivity contribution in [3.63, 3.8) is 0 Å². The Hall–Kier alpha value is -2.87. The van der Waals surface area contributed by atoms with Crippen molar-refractivity contribution in [2.45, 2.75) is 18.7 Å². The number of anilines is 1. The van der Waals surface area contributed by atoms with Crippen LogP contribution >= 0.6 is 24.4 Å². The zero-order valence-corrected chi connectivity index (χ0v) is 18.7. The van der Waals surface area contributed by atoms with Gasteiger partial charge in [0.05, 0.1) is 17.1 Å². The third kappa shape index (κ3) is 5.82. The molecule has 2 rings (SSSR count). The van der Waals surface area contributed by atoms with Gasteiger partial charge in [-0.15, -0.1) is 0 Å². The first-order valence-corrected chi connectivity index (χ1v) is 10.7. The largest absolute Gasteiger partial charge is 0.506 e. The van der Waals surface area contributed by atoms with Gasteiger partial charge in [-0.3, -0.25) is 15.4 Å². The number of fused-ring (bicyclic) bond motifs is 1. The first kappa shape index (κ1) is 23.4. The van der Waals surface area contributed by atoms with Crippen molar-refractivity contribution in [3.8, 4) is 5.75 Å². The third-order valence-electron chi connectivity index (χ3n) is 3.90. The predicted molar refractivity (Wildman–Crippen MR) is 126 cm³/mol. The minimum absolute atomic E-state index is 0.0425. The number of hydrogen-bond acceptors (Lipinski definition) is 7. The van der Waals surface area contributed by atoms with Crippen LogP contribution in [-0.2, 0) is 10.1 Å². The first-order valence-electron chi connectivity index (χ1n) is 8.40. The van der Waals surface area contributed by atoms with Gasteiger partial charge in [-0.1, -0.05) is 24.3 Å². The standard InChI is InChI=1S/C17H20N6O4S3/c1-9(20-22-16(28)18-3)10(2)21-23-17(29)19-15-12-7-5-4-6-11(12)14(8-13(15)24)30(25,26)27/h4-8,24H,1-3H3,(H2,18,22,28)(H2,19,23,29)(H,25,26,27)/b20-9+,21-10+. The van der Waals surface area contributed by atoms with Gasteiger partial charge in [-0.2, -0.15) is 18.6 Å². The molecule has 0 amide bonds. The fourth-order valence-electron chi connectivity index (χ4n) is 2.30. The molecule has 0 heterocycles. The van der Waals surface area contributed by atoms with Gasteiger partial charge in [0.25, 0.3) is 10.1 Å². The molecule has 30 heavy (non-hydrogen) atoms. The van der Waals surface area contributed by atoms with E-state index in [-0.39, 0.29) is 16.2 Å². The number of phenols is 1. The first-order chi connectivity index (χ1) is 14.0. The molecule has 0 saturated heterocycles. The molecule has 10 nitrogen and oxygen atoms in total.